The van der Waals surface area contributed by atoms with Crippen molar-refractivity contribution in [2.75, 3.05) is 13.7 Å². The standard InChI is InChI=1S/C16H26O2Si/c1-5-12-19(14(3)17-4)18-11-10-16-9-7-8-15(6-2)13-16/h6-9,13-14,19H,2,5,10-12H2,1,3-4H3. The lowest BCUT2D eigenvalue weighted by atomic mass is 10.1. The fourth-order valence-electron chi connectivity index (χ4n) is 2.09. The number of hydrogen-bond acceptors (Lipinski definition) is 2. The zero-order valence-electron chi connectivity index (χ0n) is 12.4. The number of methoxy groups -OCH3 is 1. The van der Waals surface area contributed by atoms with Crippen LogP contribution in [0.2, 0.25) is 6.04 Å². The molecule has 0 saturated heterocycles. The van der Waals surface area contributed by atoms with Gasteiger partial charge in [-0.15, -0.1) is 0 Å². The molecule has 0 amide bonds. The lowest BCUT2D eigenvalue weighted by molar-refractivity contribution is 0.150. The second-order valence-electron chi connectivity index (χ2n) is 4.84. The summed E-state index contributed by atoms with van der Waals surface area (Å²) in [5.74, 6) is 0. The van der Waals surface area contributed by atoms with Crippen LogP contribution in [0.25, 0.3) is 6.08 Å². The van der Waals surface area contributed by atoms with Gasteiger partial charge in [-0.1, -0.05) is 50.3 Å². The Morgan fingerprint density at radius 1 is 1.42 bits per heavy atom. The molecule has 1 rings (SSSR count). The molecule has 0 fully saturated rings. The molecule has 1 aromatic carbocycles. The van der Waals surface area contributed by atoms with E-state index in [1.54, 1.807) is 7.11 Å². The molecule has 0 saturated carbocycles. The predicted molar refractivity (Wildman–Crippen MR) is 84.9 cm³/mol. The van der Waals surface area contributed by atoms with Crippen LogP contribution in [0.15, 0.2) is 30.8 Å². The Hall–Kier alpha value is -0.903. The lowest BCUT2D eigenvalue weighted by Gasteiger charge is -2.21. The minimum atomic E-state index is -1.23. The largest absolute Gasteiger partial charge is 0.417 e. The molecule has 0 spiro atoms. The van der Waals surface area contributed by atoms with Crippen molar-refractivity contribution in [3.63, 3.8) is 0 Å². The smallest absolute Gasteiger partial charge is 0.204 e. The molecular formula is C16H26O2Si. The van der Waals surface area contributed by atoms with Gasteiger partial charge in [0.15, 0.2) is 0 Å². The number of benzene rings is 1. The number of rotatable bonds is 9. The Morgan fingerprint density at radius 3 is 2.84 bits per heavy atom. The van der Waals surface area contributed by atoms with E-state index in [2.05, 4.69) is 44.7 Å². The normalized spacial score (nSPS) is 14.1. The number of ether oxygens (including phenoxy) is 1. The van der Waals surface area contributed by atoms with Crippen LogP contribution >= 0.6 is 0 Å². The first-order valence-corrected chi connectivity index (χ1v) is 9.02. The minimum Gasteiger partial charge on any atom is -0.417 e. The van der Waals surface area contributed by atoms with Crippen LogP contribution in [0, 0.1) is 0 Å². The zero-order valence-corrected chi connectivity index (χ0v) is 13.5. The first-order valence-electron chi connectivity index (χ1n) is 7.07. The zero-order chi connectivity index (χ0) is 14.1. The van der Waals surface area contributed by atoms with Crippen LogP contribution in [-0.4, -0.2) is 28.5 Å². The third-order valence-corrected chi connectivity index (χ3v) is 6.51. The summed E-state index contributed by atoms with van der Waals surface area (Å²) >= 11 is 0. The maximum absolute atomic E-state index is 6.10. The van der Waals surface area contributed by atoms with E-state index in [4.69, 9.17) is 9.16 Å². The average Bonchev–Trinajstić information content (AvgIpc) is 2.45. The second-order valence-corrected chi connectivity index (χ2v) is 7.76. The van der Waals surface area contributed by atoms with Gasteiger partial charge in [0.25, 0.3) is 0 Å². The quantitative estimate of drug-likeness (QED) is 0.643. The Kier molecular flexibility index (Phi) is 7.71. The third-order valence-electron chi connectivity index (χ3n) is 3.38. The van der Waals surface area contributed by atoms with Gasteiger partial charge >= 0.3 is 0 Å². The molecule has 2 unspecified atom stereocenters. The van der Waals surface area contributed by atoms with Gasteiger partial charge in [-0.25, -0.2) is 0 Å². The molecule has 0 radical (unpaired) electrons. The van der Waals surface area contributed by atoms with Crippen LogP contribution < -0.4 is 0 Å². The highest BCUT2D eigenvalue weighted by Crippen LogP contribution is 2.10. The lowest BCUT2D eigenvalue weighted by Crippen LogP contribution is -2.33. The molecule has 0 heterocycles. The van der Waals surface area contributed by atoms with E-state index >= 15 is 0 Å². The van der Waals surface area contributed by atoms with E-state index in [1.165, 1.54) is 23.6 Å². The summed E-state index contributed by atoms with van der Waals surface area (Å²) in [5.41, 5.74) is 2.77. The monoisotopic (exact) mass is 278 g/mol. The fraction of sp³-hybridized carbons (Fsp3) is 0.500. The molecule has 0 aliphatic carbocycles. The van der Waals surface area contributed by atoms with E-state index in [-0.39, 0.29) is 0 Å². The Bertz CT molecular complexity index is 379. The van der Waals surface area contributed by atoms with Crippen LogP contribution in [0.4, 0.5) is 0 Å². The van der Waals surface area contributed by atoms with Crippen molar-refractivity contribution in [3.05, 3.63) is 42.0 Å². The van der Waals surface area contributed by atoms with E-state index in [0.29, 0.717) is 5.73 Å². The molecule has 0 N–H and O–H groups in total. The molecule has 0 aliphatic rings. The first-order chi connectivity index (χ1) is 9.21. The van der Waals surface area contributed by atoms with Gasteiger partial charge in [-0.3, -0.25) is 0 Å². The summed E-state index contributed by atoms with van der Waals surface area (Å²) < 4.78 is 11.5. The summed E-state index contributed by atoms with van der Waals surface area (Å²) in [7, 11) is 0.544. The van der Waals surface area contributed by atoms with Gasteiger partial charge in [0.1, 0.15) is 0 Å². The fourth-order valence-corrected chi connectivity index (χ4v) is 4.29. The van der Waals surface area contributed by atoms with Crippen molar-refractivity contribution >= 4 is 15.1 Å². The molecule has 0 aromatic heterocycles. The molecule has 2 atom stereocenters. The SMILES string of the molecule is C=Cc1cccc(CCO[SiH](CCC)C(C)OC)c1. The van der Waals surface area contributed by atoms with Crippen LogP contribution in [-0.2, 0) is 15.6 Å². The first kappa shape index (κ1) is 16.2. The highest BCUT2D eigenvalue weighted by molar-refractivity contribution is 6.53. The van der Waals surface area contributed by atoms with Gasteiger partial charge in [0.05, 0.1) is 5.73 Å². The van der Waals surface area contributed by atoms with Gasteiger partial charge in [-0.05, 0) is 30.5 Å². The summed E-state index contributed by atoms with van der Waals surface area (Å²) in [6.45, 7) is 8.93. The average molecular weight is 278 g/mol. The summed E-state index contributed by atoms with van der Waals surface area (Å²) in [6, 6.07) is 9.64. The van der Waals surface area contributed by atoms with Crippen molar-refractivity contribution < 1.29 is 9.16 Å². The van der Waals surface area contributed by atoms with Gasteiger partial charge in [-0.2, -0.15) is 0 Å². The maximum Gasteiger partial charge on any atom is 0.204 e. The Morgan fingerprint density at radius 2 is 2.21 bits per heavy atom. The predicted octanol–water partition coefficient (Wildman–Crippen LogP) is 3.60. The summed E-state index contributed by atoms with van der Waals surface area (Å²) in [4.78, 5) is 0. The van der Waals surface area contributed by atoms with E-state index in [1.807, 2.05) is 6.08 Å². The van der Waals surface area contributed by atoms with Crippen molar-refractivity contribution in [1.82, 2.24) is 0 Å². The highest BCUT2D eigenvalue weighted by atomic mass is 28.3. The summed E-state index contributed by atoms with van der Waals surface area (Å²) in [5, 5.41) is 0. The highest BCUT2D eigenvalue weighted by Gasteiger charge is 2.19. The molecule has 3 heteroatoms. The van der Waals surface area contributed by atoms with E-state index < -0.39 is 9.04 Å². The molecular weight excluding hydrogens is 252 g/mol. The second kappa shape index (κ2) is 9.07. The third kappa shape index (κ3) is 5.72. The van der Waals surface area contributed by atoms with E-state index in [9.17, 15) is 0 Å². The molecule has 19 heavy (non-hydrogen) atoms. The van der Waals surface area contributed by atoms with Gasteiger partial charge in [0.2, 0.25) is 9.04 Å². The van der Waals surface area contributed by atoms with Crippen molar-refractivity contribution in [2.24, 2.45) is 0 Å². The van der Waals surface area contributed by atoms with Crippen LogP contribution in [0.3, 0.4) is 0 Å². The number of hydrogen-bond donors (Lipinski definition) is 0. The van der Waals surface area contributed by atoms with Crippen molar-refractivity contribution in [1.29, 1.82) is 0 Å². The molecule has 1 aromatic rings. The van der Waals surface area contributed by atoms with E-state index in [0.717, 1.165) is 13.0 Å². The van der Waals surface area contributed by atoms with Gasteiger partial charge in [0, 0.05) is 13.7 Å². The Balaban J connectivity index is 2.44. The van der Waals surface area contributed by atoms with Crippen molar-refractivity contribution in [3.8, 4) is 0 Å². The Labute approximate surface area is 119 Å². The molecule has 106 valence electrons. The molecule has 0 bridgehead atoms. The van der Waals surface area contributed by atoms with Crippen molar-refractivity contribution in [2.45, 2.75) is 38.5 Å². The maximum atomic E-state index is 6.10. The van der Waals surface area contributed by atoms with Crippen LogP contribution in [0.1, 0.15) is 31.4 Å². The van der Waals surface area contributed by atoms with Gasteiger partial charge < -0.3 is 9.16 Å². The minimum absolute atomic E-state index is 0.291. The topological polar surface area (TPSA) is 18.5 Å². The molecule has 2 nitrogen and oxygen atoms in total. The molecule has 0 aliphatic heterocycles. The van der Waals surface area contributed by atoms with Crippen LogP contribution in [0.5, 0.6) is 0 Å². The summed E-state index contributed by atoms with van der Waals surface area (Å²) in [6.07, 6.45) is 4.02.